The topological polar surface area (TPSA) is 18.5 Å². The number of rotatable bonds is 2. The molecule has 0 fully saturated rings. The number of hydrogen-bond donors (Lipinski definition) is 0. The molecule has 0 amide bonds. The van der Waals surface area contributed by atoms with E-state index in [0.29, 0.717) is 0 Å². The van der Waals surface area contributed by atoms with Gasteiger partial charge in [0.05, 0.1) is 12.9 Å². The van der Waals surface area contributed by atoms with E-state index in [0.717, 1.165) is 11.5 Å². The second-order valence-electron chi connectivity index (χ2n) is 1.82. The maximum Gasteiger partial charge on any atom is 2.00 e. The number of ether oxygens (including phenoxy) is 2. The van der Waals surface area contributed by atoms with Gasteiger partial charge in [0.15, 0.2) is 0 Å². The summed E-state index contributed by atoms with van der Waals surface area (Å²) in [5.74, 6) is 1.56. The van der Waals surface area contributed by atoms with Crippen molar-refractivity contribution in [2.24, 2.45) is 0 Å². The molecular weight excluding hydrogens is 232 g/mol. The Balaban J connectivity index is 0. The summed E-state index contributed by atoms with van der Waals surface area (Å²) < 4.78 is 9.65. The molecule has 0 aliphatic heterocycles. The molecule has 0 heterocycles. The molecule has 12 heavy (non-hydrogen) atoms. The third kappa shape index (κ3) is 4.18. The molecule has 1 rings (SSSR count). The minimum absolute atomic E-state index is 0. The largest absolute Gasteiger partial charge is 2.00 e. The molecule has 0 unspecified atom stereocenters. The first-order valence-corrected chi connectivity index (χ1v) is 2.93. The average molecular weight is 241 g/mol. The first kappa shape index (κ1) is 14.6. The molecule has 0 saturated carbocycles. The molecule has 1 aromatic carbocycles. The van der Waals surface area contributed by atoms with Crippen molar-refractivity contribution in [2.45, 2.75) is 0 Å². The van der Waals surface area contributed by atoms with Crippen molar-refractivity contribution in [3.8, 4) is 11.5 Å². The second kappa shape index (κ2) is 7.70. The average Bonchev–Trinajstić information content (AvgIpc) is 2.05. The molecule has 2 nitrogen and oxygen atoms in total. The number of hydrogen-bond acceptors (Lipinski definition) is 2. The van der Waals surface area contributed by atoms with Crippen LogP contribution in [0.25, 0.3) is 0 Å². The standard InChI is InChI=1S/C8H9O2.BrH.Mg/c1-9-7-3-5-8(10-2)6-4-7;;/h3-6H,1H2,2H3;1H;/q-1;;+2/p-1. The van der Waals surface area contributed by atoms with Crippen molar-refractivity contribution >= 4 is 23.1 Å². The maximum atomic E-state index is 4.94. The van der Waals surface area contributed by atoms with Crippen molar-refractivity contribution in [2.75, 3.05) is 7.11 Å². The van der Waals surface area contributed by atoms with E-state index in [2.05, 4.69) is 7.11 Å². The fourth-order valence-corrected chi connectivity index (χ4v) is 0.672. The normalized spacial score (nSPS) is 7.50. The van der Waals surface area contributed by atoms with Crippen LogP contribution in [0.1, 0.15) is 0 Å². The fourth-order valence-electron chi connectivity index (χ4n) is 0.672. The summed E-state index contributed by atoms with van der Waals surface area (Å²) in [7, 11) is 4.90. The summed E-state index contributed by atoms with van der Waals surface area (Å²) in [4.78, 5) is 0. The zero-order chi connectivity index (χ0) is 7.40. The first-order valence-electron chi connectivity index (χ1n) is 2.93. The molecule has 0 bridgehead atoms. The minimum atomic E-state index is 0. The van der Waals surface area contributed by atoms with Gasteiger partial charge in [-0.25, -0.2) is 0 Å². The van der Waals surface area contributed by atoms with Crippen molar-refractivity contribution in [3.63, 3.8) is 0 Å². The van der Waals surface area contributed by atoms with Gasteiger partial charge in [-0.1, -0.05) is 0 Å². The SMILES string of the molecule is [Br-].[CH2-]Oc1ccc(OC)cc1.[Mg+2]. The van der Waals surface area contributed by atoms with Crippen LogP contribution in [-0.2, 0) is 0 Å². The zero-order valence-electron chi connectivity index (χ0n) is 6.92. The van der Waals surface area contributed by atoms with E-state index in [-0.39, 0.29) is 40.0 Å². The summed E-state index contributed by atoms with van der Waals surface area (Å²) in [6.07, 6.45) is 0. The molecule has 0 spiro atoms. The third-order valence-electron chi connectivity index (χ3n) is 1.23. The van der Waals surface area contributed by atoms with Gasteiger partial charge in [-0.3, -0.25) is 0 Å². The van der Waals surface area contributed by atoms with E-state index in [1.165, 1.54) is 0 Å². The van der Waals surface area contributed by atoms with Crippen LogP contribution in [0, 0.1) is 7.11 Å². The van der Waals surface area contributed by atoms with E-state index >= 15 is 0 Å². The monoisotopic (exact) mass is 240 g/mol. The summed E-state index contributed by atoms with van der Waals surface area (Å²) in [6, 6.07) is 7.23. The minimum Gasteiger partial charge on any atom is -1.00 e. The molecule has 0 saturated heterocycles. The predicted octanol–water partition coefficient (Wildman–Crippen LogP) is -1.51. The second-order valence-corrected chi connectivity index (χ2v) is 1.82. The smallest absolute Gasteiger partial charge is 1.00 e. The van der Waals surface area contributed by atoms with Crippen LogP contribution < -0.4 is 26.5 Å². The number of benzene rings is 1. The molecular formula is C8H9BrMgO2. The van der Waals surface area contributed by atoms with Crippen LogP contribution in [0.3, 0.4) is 0 Å². The Morgan fingerprint density at radius 1 is 1.08 bits per heavy atom. The van der Waals surface area contributed by atoms with Crippen molar-refractivity contribution < 1.29 is 26.5 Å². The Kier molecular flexibility index (Phi) is 9.36. The van der Waals surface area contributed by atoms with Gasteiger partial charge in [0.1, 0.15) is 5.75 Å². The Labute approximate surface area is 99.2 Å². The fraction of sp³-hybridized carbons (Fsp3) is 0.125. The molecule has 62 valence electrons. The van der Waals surface area contributed by atoms with E-state index in [9.17, 15) is 0 Å². The summed E-state index contributed by atoms with van der Waals surface area (Å²) in [5, 5.41) is 0. The molecule has 0 N–H and O–H groups in total. The first-order chi connectivity index (χ1) is 4.86. The van der Waals surface area contributed by atoms with E-state index in [4.69, 9.17) is 9.47 Å². The van der Waals surface area contributed by atoms with Crippen molar-refractivity contribution in [3.05, 3.63) is 31.4 Å². The van der Waals surface area contributed by atoms with Gasteiger partial charge in [0, 0.05) is 0 Å². The van der Waals surface area contributed by atoms with Crippen LogP contribution in [-0.4, -0.2) is 30.2 Å². The summed E-state index contributed by atoms with van der Waals surface area (Å²) >= 11 is 0. The number of methoxy groups -OCH3 is 1. The van der Waals surface area contributed by atoms with E-state index < -0.39 is 0 Å². The van der Waals surface area contributed by atoms with Crippen molar-refractivity contribution in [1.82, 2.24) is 0 Å². The molecule has 1 aromatic rings. The summed E-state index contributed by atoms with van der Waals surface area (Å²) in [5.41, 5.74) is 0. The molecule has 4 heteroatoms. The van der Waals surface area contributed by atoms with Crippen LogP contribution in [0.4, 0.5) is 0 Å². The quantitative estimate of drug-likeness (QED) is 0.463. The predicted molar refractivity (Wildman–Crippen MR) is 44.7 cm³/mol. The maximum absolute atomic E-state index is 4.94. The van der Waals surface area contributed by atoms with Crippen LogP contribution in [0.5, 0.6) is 11.5 Å². The molecule has 0 aliphatic rings. The Morgan fingerprint density at radius 3 is 1.83 bits per heavy atom. The van der Waals surface area contributed by atoms with E-state index in [1.807, 2.05) is 12.1 Å². The number of halogens is 1. The van der Waals surface area contributed by atoms with Crippen LogP contribution in [0.2, 0.25) is 0 Å². The zero-order valence-corrected chi connectivity index (χ0v) is 9.92. The molecule has 0 aliphatic carbocycles. The molecule has 0 radical (unpaired) electrons. The van der Waals surface area contributed by atoms with Gasteiger partial charge in [-0.15, -0.1) is 0 Å². The van der Waals surface area contributed by atoms with Gasteiger partial charge in [-0.2, -0.15) is 7.11 Å². The van der Waals surface area contributed by atoms with Crippen LogP contribution >= 0.6 is 0 Å². The Bertz CT molecular complexity index is 178. The van der Waals surface area contributed by atoms with Gasteiger partial charge in [-0.05, 0) is 24.3 Å². The van der Waals surface area contributed by atoms with Crippen molar-refractivity contribution in [1.29, 1.82) is 0 Å². The van der Waals surface area contributed by atoms with Gasteiger partial charge < -0.3 is 26.5 Å². The Hall–Kier alpha value is 0.0662. The van der Waals surface area contributed by atoms with E-state index in [1.54, 1.807) is 19.2 Å². The Morgan fingerprint density at radius 2 is 1.50 bits per heavy atom. The summed E-state index contributed by atoms with van der Waals surface area (Å²) in [6.45, 7) is 0. The molecule has 0 atom stereocenters. The third-order valence-corrected chi connectivity index (χ3v) is 1.23. The van der Waals surface area contributed by atoms with Gasteiger partial charge in [0.25, 0.3) is 0 Å². The van der Waals surface area contributed by atoms with Crippen LogP contribution in [0.15, 0.2) is 24.3 Å². The van der Waals surface area contributed by atoms with Gasteiger partial charge >= 0.3 is 23.1 Å². The van der Waals surface area contributed by atoms with Gasteiger partial charge in [0.2, 0.25) is 0 Å². The molecule has 0 aromatic heterocycles.